The summed E-state index contributed by atoms with van der Waals surface area (Å²) in [5, 5.41) is 3.47. The van der Waals surface area contributed by atoms with Crippen molar-refractivity contribution >= 4 is 11.7 Å². The number of hydrogen-bond acceptors (Lipinski definition) is 2. The van der Waals surface area contributed by atoms with E-state index in [1.54, 1.807) is 4.90 Å². The summed E-state index contributed by atoms with van der Waals surface area (Å²) in [5.41, 5.74) is 8.19. The molecule has 4 heteroatoms. The van der Waals surface area contributed by atoms with E-state index in [0.29, 0.717) is 0 Å². The minimum Gasteiger partial charge on any atom is -0.384 e. The number of carbonyl (C=O) groups is 1. The highest BCUT2D eigenvalue weighted by Gasteiger charge is 2.41. The second-order valence-electron chi connectivity index (χ2n) is 5.00. The van der Waals surface area contributed by atoms with E-state index in [0.717, 1.165) is 32.5 Å². The van der Waals surface area contributed by atoms with E-state index < -0.39 is 0 Å². The molecule has 1 saturated heterocycles. The fourth-order valence-electron chi connectivity index (χ4n) is 3.06. The second-order valence-corrected chi connectivity index (χ2v) is 5.00. The third-order valence-electron chi connectivity index (χ3n) is 4.15. The molecule has 1 spiro atoms. The van der Waals surface area contributed by atoms with Gasteiger partial charge in [-0.05, 0) is 24.5 Å². The minimum atomic E-state index is -0.293. The zero-order valence-corrected chi connectivity index (χ0v) is 9.78. The number of carbonyl (C=O) groups excluding carboxylic acids is 1. The molecule has 0 bridgehead atoms. The van der Waals surface area contributed by atoms with Gasteiger partial charge in [0.2, 0.25) is 0 Å². The summed E-state index contributed by atoms with van der Waals surface area (Å²) in [7, 11) is 0. The van der Waals surface area contributed by atoms with Crippen LogP contribution >= 0.6 is 0 Å². The molecular formula is C13H17N3O. The summed E-state index contributed by atoms with van der Waals surface area (Å²) < 4.78 is 0. The lowest BCUT2D eigenvalue weighted by Crippen LogP contribution is -2.47. The molecule has 1 aromatic rings. The van der Waals surface area contributed by atoms with Crippen LogP contribution in [-0.4, -0.2) is 30.6 Å². The molecule has 2 heterocycles. The van der Waals surface area contributed by atoms with E-state index in [1.165, 1.54) is 11.3 Å². The number of primary amides is 1. The third-order valence-corrected chi connectivity index (χ3v) is 4.15. The number of amides is 2. The van der Waals surface area contributed by atoms with Gasteiger partial charge in [-0.15, -0.1) is 0 Å². The number of urea groups is 1. The molecule has 0 aliphatic carbocycles. The Labute approximate surface area is 101 Å². The van der Waals surface area contributed by atoms with Crippen molar-refractivity contribution in [2.45, 2.75) is 18.3 Å². The Balaban J connectivity index is 1.85. The molecule has 0 unspecified atom stereocenters. The predicted molar refractivity (Wildman–Crippen MR) is 67.0 cm³/mol. The largest absolute Gasteiger partial charge is 0.384 e. The van der Waals surface area contributed by atoms with Gasteiger partial charge in [0.1, 0.15) is 0 Å². The van der Waals surface area contributed by atoms with Crippen LogP contribution in [0.3, 0.4) is 0 Å². The first-order valence-corrected chi connectivity index (χ1v) is 6.09. The molecule has 0 radical (unpaired) electrons. The van der Waals surface area contributed by atoms with Crippen LogP contribution in [0.4, 0.5) is 10.5 Å². The van der Waals surface area contributed by atoms with Gasteiger partial charge in [0, 0.05) is 30.7 Å². The summed E-state index contributed by atoms with van der Waals surface area (Å²) in [5.74, 6) is 0. The maximum absolute atomic E-state index is 11.1. The lowest BCUT2D eigenvalue weighted by molar-refractivity contribution is 0.171. The topological polar surface area (TPSA) is 58.4 Å². The molecule has 3 N–H and O–H groups in total. The van der Waals surface area contributed by atoms with E-state index in [-0.39, 0.29) is 11.4 Å². The number of fused-ring (bicyclic) bond motifs is 2. The molecule has 0 atom stereocenters. The molecule has 2 amide bonds. The van der Waals surface area contributed by atoms with Crippen LogP contribution in [0.1, 0.15) is 18.4 Å². The number of likely N-dealkylation sites (tertiary alicyclic amines) is 1. The van der Waals surface area contributed by atoms with Crippen molar-refractivity contribution in [1.82, 2.24) is 4.90 Å². The average Bonchev–Trinajstić information content (AvgIpc) is 2.70. The summed E-state index contributed by atoms with van der Waals surface area (Å²) in [6.07, 6.45) is 2.00. The van der Waals surface area contributed by atoms with Crippen LogP contribution in [0.15, 0.2) is 24.3 Å². The van der Waals surface area contributed by atoms with Crippen molar-refractivity contribution in [3.05, 3.63) is 29.8 Å². The van der Waals surface area contributed by atoms with Gasteiger partial charge in [-0.1, -0.05) is 18.2 Å². The molecule has 17 heavy (non-hydrogen) atoms. The summed E-state index contributed by atoms with van der Waals surface area (Å²) in [6.45, 7) is 2.52. The Bertz CT molecular complexity index is 450. The molecular weight excluding hydrogens is 214 g/mol. The van der Waals surface area contributed by atoms with E-state index in [2.05, 4.69) is 29.6 Å². The summed E-state index contributed by atoms with van der Waals surface area (Å²) in [6, 6.07) is 8.19. The predicted octanol–water partition coefficient (Wildman–Crippen LogP) is 1.52. The number of anilines is 1. The number of benzene rings is 1. The van der Waals surface area contributed by atoms with Crippen molar-refractivity contribution in [1.29, 1.82) is 0 Å². The Morgan fingerprint density at radius 3 is 2.71 bits per heavy atom. The highest BCUT2D eigenvalue weighted by atomic mass is 16.2. The van der Waals surface area contributed by atoms with Crippen molar-refractivity contribution in [3.8, 4) is 0 Å². The van der Waals surface area contributed by atoms with Crippen LogP contribution in [0, 0.1) is 0 Å². The van der Waals surface area contributed by atoms with E-state index >= 15 is 0 Å². The lowest BCUT2D eigenvalue weighted by atomic mass is 9.74. The normalized spacial score (nSPS) is 21.1. The zero-order chi connectivity index (χ0) is 11.9. The van der Waals surface area contributed by atoms with Crippen molar-refractivity contribution < 1.29 is 4.79 Å². The number of piperidine rings is 1. The number of para-hydroxylation sites is 1. The van der Waals surface area contributed by atoms with Crippen LogP contribution in [0.5, 0.6) is 0 Å². The summed E-state index contributed by atoms with van der Waals surface area (Å²) in [4.78, 5) is 12.9. The number of nitrogens with two attached hydrogens (primary N) is 1. The zero-order valence-electron chi connectivity index (χ0n) is 9.78. The number of nitrogens with zero attached hydrogens (tertiary/aromatic N) is 1. The maximum atomic E-state index is 11.1. The summed E-state index contributed by atoms with van der Waals surface area (Å²) >= 11 is 0. The smallest absolute Gasteiger partial charge is 0.314 e. The molecule has 1 aromatic carbocycles. The van der Waals surface area contributed by atoms with Crippen molar-refractivity contribution in [3.63, 3.8) is 0 Å². The Hall–Kier alpha value is -1.71. The lowest BCUT2D eigenvalue weighted by Gasteiger charge is -2.38. The SMILES string of the molecule is NC(=O)N1CCC2(CC1)CNc1ccccc12. The van der Waals surface area contributed by atoms with Crippen LogP contribution < -0.4 is 11.1 Å². The molecule has 0 aromatic heterocycles. The van der Waals surface area contributed by atoms with Crippen molar-refractivity contribution in [2.75, 3.05) is 25.0 Å². The first-order chi connectivity index (χ1) is 8.21. The quantitative estimate of drug-likeness (QED) is 0.711. The van der Waals surface area contributed by atoms with Gasteiger partial charge in [-0.3, -0.25) is 0 Å². The molecule has 2 aliphatic heterocycles. The first-order valence-electron chi connectivity index (χ1n) is 6.09. The molecule has 4 nitrogen and oxygen atoms in total. The second kappa shape index (κ2) is 3.65. The first kappa shape index (κ1) is 10.4. The third kappa shape index (κ3) is 1.55. The van der Waals surface area contributed by atoms with Crippen LogP contribution in [-0.2, 0) is 5.41 Å². The highest BCUT2D eigenvalue weighted by molar-refractivity contribution is 5.72. The highest BCUT2D eigenvalue weighted by Crippen LogP contribution is 2.43. The molecule has 0 saturated carbocycles. The molecule has 2 aliphatic rings. The van der Waals surface area contributed by atoms with Crippen LogP contribution in [0.2, 0.25) is 0 Å². The van der Waals surface area contributed by atoms with E-state index in [4.69, 9.17) is 5.73 Å². The Morgan fingerprint density at radius 2 is 2.00 bits per heavy atom. The number of rotatable bonds is 0. The molecule has 3 rings (SSSR count). The number of hydrogen-bond donors (Lipinski definition) is 2. The van der Waals surface area contributed by atoms with Gasteiger partial charge in [0.05, 0.1) is 0 Å². The van der Waals surface area contributed by atoms with Gasteiger partial charge in [0.15, 0.2) is 0 Å². The fraction of sp³-hybridized carbons (Fsp3) is 0.462. The average molecular weight is 231 g/mol. The maximum Gasteiger partial charge on any atom is 0.314 e. The van der Waals surface area contributed by atoms with Gasteiger partial charge in [0.25, 0.3) is 0 Å². The Morgan fingerprint density at radius 1 is 1.29 bits per heavy atom. The Kier molecular flexibility index (Phi) is 2.24. The van der Waals surface area contributed by atoms with Crippen molar-refractivity contribution in [2.24, 2.45) is 5.73 Å². The monoisotopic (exact) mass is 231 g/mol. The fourth-order valence-corrected chi connectivity index (χ4v) is 3.06. The standard InChI is InChI=1S/C13H17N3O/c14-12(17)16-7-5-13(6-8-16)9-15-11-4-2-1-3-10(11)13/h1-4,15H,5-9H2,(H2,14,17). The number of nitrogens with one attached hydrogen (secondary N) is 1. The molecule has 90 valence electrons. The van der Waals surface area contributed by atoms with Crippen LogP contribution in [0.25, 0.3) is 0 Å². The van der Waals surface area contributed by atoms with Gasteiger partial charge < -0.3 is 16.0 Å². The van der Waals surface area contributed by atoms with Gasteiger partial charge >= 0.3 is 6.03 Å². The van der Waals surface area contributed by atoms with E-state index in [9.17, 15) is 4.79 Å². The minimum absolute atomic E-state index is 0.211. The molecule has 1 fully saturated rings. The van der Waals surface area contributed by atoms with E-state index in [1.807, 2.05) is 0 Å². The van der Waals surface area contributed by atoms with Gasteiger partial charge in [-0.25, -0.2) is 4.79 Å². The van der Waals surface area contributed by atoms with Gasteiger partial charge in [-0.2, -0.15) is 0 Å².